The van der Waals surface area contributed by atoms with E-state index in [1.807, 2.05) is 18.2 Å². The number of pyridine rings is 1. The molecule has 19 heavy (non-hydrogen) atoms. The maximum absolute atomic E-state index is 12.2. The van der Waals surface area contributed by atoms with Gasteiger partial charge in [-0.05, 0) is 25.0 Å². The van der Waals surface area contributed by atoms with Crippen LogP contribution in [-0.2, 0) is 7.05 Å². The average Bonchev–Trinajstić information content (AvgIpc) is 2.92. The quantitative estimate of drug-likeness (QED) is 0.817. The molecule has 0 aliphatic carbocycles. The fourth-order valence-corrected chi connectivity index (χ4v) is 2.58. The van der Waals surface area contributed by atoms with Crippen LogP contribution in [0.25, 0.3) is 0 Å². The lowest BCUT2D eigenvalue weighted by Gasteiger charge is -2.24. The minimum atomic E-state index is -0.0506. The monoisotopic (exact) mass is 256 g/mol. The molecule has 0 aromatic carbocycles. The summed E-state index contributed by atoms with van der Waals surface area (Å²) in [6.45, 7) is 0.855. The van der Waals surface area contributed by atoms with Crippen LogP contribution in [0.3, 0.4) is 0 Å². The van der Waals surface area contributed by atoms with Crippen molar-refractivity contribution < 1.29 is 0 Å². The maximum Gasteiger partial charge on any atom is 0.293 e. The predicted octanol–water partition coefficient (Wildman–Crippen LogP) is 1.52. The van der Waals surface area contributed by atoms with Crippen molar-refractivity contribution >= 4 is 5.82 Å². The van der Waals surface area contributed by atoms with Crippen molar-refractivity contribution in [2.75, 3.05) is 11.4 Å². The fraction of sp³-hybridized carbons (Fsp3) is 0.357. The van der Waals surface area contributed by atoms with Gasteiger partial charge in [-0.2, -0.15) is 0 Å². The van der Waals surface area contributed by atoms with E-state index in [1.165, 1.54) is 0 Å². The Morgan fingerprint density at radius 1 is 1.26 bits per heavy atom. The van der Waals surface area contributed by atoms with Crippen LogP contribution in [-0.4, -0.2) is 21.1 Å². The molecule has 0 radical (unpaired) electrons. The summed E-state index contributed by atoms with van der Waals surface area (Å²) in [5, 5.41) is 0. The highest BCUT2D eigenvalue weighted by molar-refractivity contribution is 5.40. The van der Waals surface area contributed by atoms with E-state index >= 15 is 0 Å². The summed E-state index contributed by atoms with van der Waals surface area (Å²) in [4.78, 5) is 22.9. The second-order valence-corrected chi connectivity index (χ2v) is 4.77. The lowest BCUT2D eigenvalue weighted by atomic mass is 10.1. The minimum Gasteiger partial charge on any atom is -0.343 e. The van der Waals surface area contributed by atoms with Crippen molar-refractivity contribution in [3.63, 3.8) is 0 Å². The normalized spacial score (nSPS) is 18.8. The molecule has 0 bridgehead atoms. The number of aromatic nitrogens is 3. The number of anilines is 1. The first kappa shape index (κ1) is 11.9. The fourth-order valence-electron chi connectivity index (χ4n) is 2.58. The molecule has 1 aliphatic rings. The van der Waals surface area contributed by atoms with E-state index in [0.29, 0.717) is 5.82 Å². The molecule has 2 aromatic heterocycles. The van der Waals surface area contributed by atoms with Gasteiger partial charge in [0.2, 0.25) is 0 Å². The summed E-state index contributed by atoms with van der Waals surface area (Å²) in [6, 6.07) is 6.05. The second kappa shape index (κ2) is 4.84. The van der Waals surface area contributed by atoms with Crippen molar-refractivity contribution in [2.24, 2.45) is 7.05 Å². The smallest absolute Gasteiger partial charge is 0.293 e. The molecule has 3 heterocycles. The van der Waals surface area contributed by atoms with E-state index in [0.717, 1.165) is 25.1 Å². The Morgan fingerprint density at radius 3 is 2.95 bits per heavy atom. The number of rotatable bonds is 2. The zero-order chi connectivity index (χ0) is 13.2. The van der Waals surface area contributed by atoms with Crippen molar-refractivity contribution in [2.45, 2.75) is 18.9 Å². The highest BCUT2D eigenvalue weighted by Crippen LogP contribution is 2.32. The third kappa shape index (κ3) is 2.12. The third-order valence-corrected chi connectivity index (χ3v) is 3.55. The summed E-state index contributed by atoms with van der Waals surface area (Å²) in [6.07, 6.45) is 7.21. The van der Waals surface area contributed by atoms with E-state index in [2.05, 4.69) is 14.9 Å². The van der Waals surface area contributed by atoms with Gasteiger partial charge in [-0.3, -0.25) is 9.78 Å². The van der Waals surface area contributed by atoms with Gasteiger partial charge in [-0.1, -0.05) is 6.07 Å². The molecular formula is C14H16N4O. The van der Waals surface area contributed by atoms with Gasteiger partial charge in [0.1, 0.15) is 0 Å². The molecule has 1 aliphatic heterocycles. The van der Waals surface area contributed by atoms with Crippen LogP contribution < -0.4 is 10.5 Å². The van der Waals surface area contributed by atoms with Gasteiger partial charge in [-0.15, -0.1) is 0 Å². The molecule has 2 aromatic rings. The molecule has 0 N–H and O–H groups in total. The lowest BCUT2D eigenvalue weighted by Crippen LogP contribution is -2.32. The molecule has 98 valence electrons. The van der Waals surface area contributed by atoms with Gasteiger partial charge < -0.3 is 9.47 Å². The summed E-state index contributed by atoms with van der Waals surface area (Å²) < 4.78 is 1.57. The van der Waals surface area contributed by atoms with Gasteiger partial charge in [0.05, 0.1) is 11.7 Å². The van der Waals surface area contributed by atoms with Gasteiger partial charge in [0, 0.05) is 32.2 Å². The lowest BCUT2D eigenvalue weighted by molar-refractivity contribution is 0.677. The molecule has 1 saturated heterocycles. The van der Waals surface area contributed by atoms with Crippen molar-refractivity contribution in [1.82, 2.24) is 14.5 Å². The number of aryl methyl sites for hydroxylation is 1. The Morgan fingerprint density at radius 2 is 2.16 bits per heavy atom. The molecule has 1 atom stereocenters. The standard InChI is InChI=1S/C14H16N4O/c1-17-10-8-16-13(14(17)19)18-9-4-6-12(18)11-5-2-3-7-15-11/h2-3,5,7-8,10,12H,4,6,9H2,1H3. The molecule has 0 spiro atoms. The number of hydrogen-bond donors (Lipinski definition) is 0. The van der Waals surface area contributed by atoms with E-state index < -0.39 is 0 Å². The molecule has 3 rings (SSSR count). The van der Waals surface area contributed by atoms with E-state index in [9.17, 15) is 4.79 Å². The van der Waals surface area contributed by atoms with Gasteiger partial charge in [0.25, 0.3) is 5.56 Å². The summed E-state index contributed by atoms with van der Waals surface area (Å²) >= 11 is 0. The summed E-state index contributed by atoms with van der Waals surface area (Å²) in [5.41, 5.74) is 0.957. The van der Waals surface area contributed by atoms with Crippen LogP contribution in [0.1, 0.15) is 24.6 Å². The van der Waals surface area contributed by atoms with Crippen LogP contribution in [0.2, 0.25) is 0 Å². The molecular weight excluding hydrogens is 240 g/mol. The third-order valence-electron chi connectivity index (χ3n) is 3.55. The summed E-state index contributed by atoms with van der Waals surface area (Å²) in [5.74, 6) is 0.526. The van der Waals surface area contributed by atoms with Crippen LogP contribution >= 0.6 is 0 Å². The van der Waals surface area contributed by atoms with Gasteiger partial charge >= 0.3 is 0 Å². The first-order valence-electron chi connectivity index (χ1n) is 6.46. The van der Waals surface area contributed by atoms with Gasteiger partial charge in [-0.25, -0.2) is 4.98 Å². The average molecular weight is 256 g/mol. The Bertz CT molecular complexity index is 623. The van der Waals surface area contributed by atoms with Crippen LogP contribution in [0.5, 0.6) is 0 Å². The van der Waals surface area contributed by atoms with Gasteiger partial charge in [0.15, 0.2) is 5.82 Å². The Kier molecular flexibility index (Phi) is 3.03. The van der Waals surface area contributed by atoms with Crippen LogP contribution in [0.15, 0.2) is 41.6 Å². The van der Waals surface area contributed by atoms with Crippen molar-refractivity contribution in [3.05, 3.63) is 52.8 Å². The Labute approximate surface area is 111 Å². The largest absolute Gasteiger partial charge is 0.343 e. The zero-order valence-corrected chi connectivity index (χ0v) is 10.9. The topological polar surface area (TPSA) is 51.0 Å². The predicted molar refractivity (Wildman–Crippen MR) is 73.0 cm³/mol. The van der Waals surface area contributed by atoms with E-state index in [1.54, 1.807) is 30.2 Å². The molecule has 5 nitrogen and oxygen atoms in total. The molecule has 1 fully saturated rings. The number of nitrogens with zero attached hydrogens (tertiary/aromatic N) is 4. The molecule has 0 saturated carbocycles. The first-order valence-corrected chi connectivity index (χ1v) is 6.46. The minimum absolute atomic E-state index is 0.0506. The number of hydrogen-bond acceptors (Lipinski definition) is 4. The SMILES string of the molecule is Cn1ccnc(N2CCCC2c2ccccn2)c1=O. The highest BCUT2D eigenvalue weighted by atomic mass is 16.1. The molecule has 0 amide bonds. The highest BCUT2D eigenvalue weighted by Gasteiger charge is 2.29. The summed E-state index contributed by atoms with van der Waals surface area (Å²) in [7, 11) is 1.75. The Balaban J connectivity index is 2.00. The van der Waals surface area contributed by atoms with E-state index in [4.69, 9.17) is 0 Å². The maximum atomic E-state index is 12.2. The zero-order valence-electron chi connectivity index (χ0n) is 10.9. The van der Waals surface area contributed by atoms with Crippen LogP contribution in [0, 0.1) is 0 Å². The van der Waals surface area contributed by atoms with Crippen LogP contribution in [0.4, 0.5) is 5.82 Å². The Hall–Kier alpha value is -2.17. The molecule has 1 unspecified atom stereocenters. The second-order valence-electron chi connectivity index (χ2n) is 4.77. The molecule has 5 heteroatoms. The van der Waals surface area contributed by atoms with E-state index in [-0.39, 0.29) is 11.6 Å². The van der Waals surface area contributed by atoms with Crippen molar-refractivity contribution in [1.29, 1.82) is 0 Å². The first-order chi connectivity index (χ1) is 9.27. The van der Waals surface area contributed by atoms with Crippen molar-refractivity contribution in [3.8, 4) is 0 Å².